The Morgan fingerprint density at radius 2 is 2.00 bits per heavy atom. The predicted octanol–water partition coefficient (Wildman–Crippen LogP) is 6.02. The van der Waals surface area contributed by atoms with Crippen LogP contribution in [0.2, 0.25) is 5.02 Å². The molecule has 1 N–H and O–H groups in total. The van der Waals surface area contributed by atoms with E-state index in [2.05, 4.69) is 44.3 Å². The Balaban J connectivity index is 1.81. The molecule has 0 saturated carbocycles. The molecule has 0 radical (unpaired) electrons. The molecule has 4 rings (SSSR count). The van der Waals surface area contributed by atoms with Gasteiger partial charge in [-0.3, -0.25) is 0 Å². The largest absolute Gasteiger partial charge is 0.377 e. The van der Waals surface area contributed by atoms with Crippen molar-refractivity contribution < 1.29 is 9.13 Å². The minimum Gasteiger partial charge on any atom is -0.377 e. The molecule has 4 heteroatoms. The molecule has 2 aliphatic rings. The maximum atomic E-state index is 14.5. The van der Waals surface area contributed by atoms with Crippen LogP contribution in [0.3, 0.4) is 0 Å². The molecule has 2 aromatic carbocycles. The lowest BCUT2D eigenvalue weighted by molar-refractivity contribution is 0.0825. The average molecular weight is 360 g/mol. The molecule has 3 unspecified atom stereocenters. The molecule has 0 bridgehead atoms. The SMILES string of the molecule is CC(C)(C)c1ccc2c(c1)C1OCCC1C(c1c(F)cccc1Cl)N2. The smallest absolute Gasteiger partial charge is 0.129 e. The fourth-order valence-electron chi connectivity index (χ4n) is 4.03. The van der Waals surface area contributed by atoms with E-state index in [9.17, 15) is 4.39 Å². The molecule has 132 valence electrons. The minimum atomic E-state index is -0.259. The van der Waals surface area contributed by atoms with Gasteiger partial charge >= 0.3 is 0 Å². The van der Waals surface area contributed by atoms with Crippen molar-refractivity contribution >= 4 is 17.3 Å². The van der Waals surface area contributed by atoms with Gasteiger partial charge in [-0.15, -0.1) is 0 Å². The lowest BCUT2D eigenvalue weighted by Gasteiger charge is -2.37. The maximum Gasteiger partial charge on any atom is 0.129 e. The van der Waals surface area contributed by atoms with Crippen molar-refractivity contribution in [3.8, 4) is 0 Å². The molecular weight excluding hydrogens is 337 g/mol. The number of fused-ring (bicyclic) bond motifs is 3. The number of hydrogen-bond acceptors (Lipinski definition) is 2. The Hall–Kier alpha value is -1.58. The third-order valence-corrected chi connectivity index (χ3v) is 5.74. The third-order valence-electron chi connectivity index (χ3n) is 5.41. The molecule has 1 saturated heterocycles. The Morgan fingerprint density at radius 1 is 1.20 bits per heavy atom. The number of halogens is 2. The van der Waals surface area contributed by atoms with Crippen molar-refractivity contribution in [2.24, 2.45) is 5.92 Å². The minimum absolute atomic E-state index is 0.0146. The average Bonchev–Trinajstić information content (AvgIpc) is 3.03. The molecule has 3 atom stereocenters. The summed E-state index contributed by atoms with van der Waals surface area (Å²) in [6, 6.07) is 11.2. The molecule has 2 aliphatic heterocycles. The van der Waals surface area contributed by atoms with Crippen LogP contribution >= 0.6 is 11.6 Å². The molecule has 0 spiro atoms. The summed E-state index contributed by atoms with van der Waals surface area (Å²) in [5.74, 6) is -0.0810. The van der Waals surface area contributed by atoms with Crippen LogP contribution < -0.4 is 5.32 Å². The van der Waals surface area contributed by atoms with Crippen molar-refractivity contribution in [3.63, 3.8) is 0 Å². The van der Waals surface area contributed by atoms with Gasteiger partial charge in [0.05, 0.1) is 12.1 Å². The van der Waals surface area contributed by atoms with Crippen LogP contribution in [-0.4, -0.2) is 6.61 Å². The molecule has 25 heavy (non-hydrogen) atoms. The highest BCUT2D eigenvalue weighted by Gasteiger charge is 2.43. The summed E-state index contributed by atoms with van der Waals surface area (Å²) >= 11 is 6.34. The van der Waals surface area contributed by atoms with E-state index in [0.29, 0.717) is 17.2 Å². The van der Waals surface area contributed by atoms with Crippen molar-refractivity contribution in [1.29, 1.82) is 0 Å². The van der Waals surface area contributed by atoms with Gasteiger partial charge < -0.3 is 10.1 Å². The Kier molecular flexibility index (Phi) is 4.04. The van der Waals surface area contributed by atoms with Crippen LogP contribution in [-0.2, 0) is 10.2 Å². The van der Waals surface area contributed by atoms with E-state index in [1.807, 2.05) is 0 Å². The maximum absolute atomic E-state index is 14.5. The summed E-state index contributed by atoms with van der Waals surface area (Å²) in [4.78, 5) is 0. The Labute approximate surface area is 153 Å². The standard InChI is InChI=1S/C21H23ClFNO/c1-21(2,3)12-7-8-17-14(11-12)20-13(9-10-25-20)19(24-17)18-15(22)5-4-6-16(18)23/h4-8,11,13,19-20,24H,9-10H2,1-3H3. The normalized spacial score (nSPS) is 25.2. The van der Waals surface area contributed by atoms with Gasteiger partial charge in [-0.1, -0.05) is 50.6 Å². The first-order valence-electron chi connectivity index (χ1n) is 8.83. The predicted molar refractivity (Wildman–Crippen MR) is 99.7 cm³/mol. The molecular formula is C21H23ClFNO. The highest BCUT2D eigenvalue weighted by molar-refractivity contribution is 6.31. The zero-order valence-electron chi connectivity index (χ0n) is 14.8. The Morgan fingerprint density at radius 3 is 2.72 bits per heavy atom. The van der Waals surface area contributed by atoms with E-state index in [4.69, 9.17) is 16.3 Å². The summed E-state index contributed by atoms with van der Waals surface area (Å²) in [6.45, 7) is 7.32. The van der Waals surface area contributed by atoms with E-state index >= 15 is 0 Å². The summed E-state index contributed by atoms with van der Waals surface area (Å²) in [5, 5.41) is 4.01. The first-order chi connectivity index (χ1) is 11.9. The molecule has 2 nitrogen and oxygen atoms in total. The van der Waals surface area contributed by atoms with Crippen molar-refractivity contribution in [1.82, 2.24) is 0 Å². The number of hydrogen-bond donors (Lipinski definition) is 1. The van der Waals surface area contributed by atoms with Crippen LogP contribution in [0.25, 0.3) is 0 Å². The van der Waals surface area contributed by atoms with Crippen LogP contribution in [0.4, 0.5) is 10.1 Å². The van der Waals surface area contributed by atoms with E-state index in [1.54, 1.807) is 12.1 Å². The van der Waals surface area contributed by atoms with Crippen LogP contribution in [0.1, 0.15) is 56.0 Å². The molecule has 1 fully saturated rings. The lowest BCUT2D eigenvalue weighted by atomic mass is 9.78. The zero-order chi connectivity index (χ0) is 17.8. The molecule has 0 amide bonds. The zero-order valence-corrected chi connectivity index (χ0v) is 15.5. The van der Waals surface area contributed by atoms with E-state index in [-0.39, 0.29) is 29.3 Å². The number of ether oxygens (including phenoxy) is 1. The van der Waals surface area contributed by atoms with Gasteiger partial charge in [0.25, 0.3) is 0 Å². The van der Waals surface area contributed by atoms with Crippen molar-refractivity contribution in [2.45, 2.75) is 44.8 Å². The van der Waals surface area contributed by atoms with Crippen LogP contribution in [0.5, 0.6) is 0 Å². The molecule has 2 aromatic rings. The lowest BCUT2D eigenvalue weighted by Crippen LogP contribution is -2.30. The second-order valence-electron chi connectivity index (χ2n) is 8.05. The Bertz CT molecular complexity index is 794. The van der Waals surface area contributed by atoms with E-state index < -0.39 is 0 Å². The monoisotopic (exact) mass is 359 g/mol. The number of rotatable bonds is 1. The van der Waals surface area contributed by atoms with Gasteiger partial charge in [0.15, 0.2) is 0 Å². The summed E-state index contributed by atoms with van der Waals surface area (Å²) in [5.41, 5.74) is 4.11. The van der Waals surface area contributed by atoms with Gasteiger partial charge in [0.1, 0.15) is 5.82 Å². The number of anilines is 1. The van der Waals surface area contributed by atoms with Gasteiger partial charge in [-0.2, -0.15) is 0 Å². The van der Waals surface area contributed by atoms with Gasteiger partial charge in [0.2, 0.25) is 0 Å². The van der Waals surface area contributed by atoms with Gasteiger partial charge in [-0.05, 0) is 35.6 Å². The topological polar surface area (TPSA) is 21.3 Å². The van der Waals surface area contributed by atoms with Gasteiger partial charge in [0, 0.05) is 34.4 Å². The summed E-state index contributed by atoms with van der Waals surface area (Å²) in [7, 11) is 0. The third kappa shape index (κ3) is 2.84. The quantitative estimate of drug-likeness (QED) is 0.672. The number of nitrogens with one attached hydrogen (secondary N) is 1. The molecule has 0 aromatic heterocycles. The second-order valence-corrected chi connectivity index (χ2v) is 8.46. The summed E-state index contributed by atoms with van der Waals surface area (Å²) in [6.07, 6.45) is 0.880. The second kappa shape index (κ2) is 6.00. The van der Waals surface area contributed by atoms with Crippen LogP contribution in [0.15, 0.2) is 36.4 Å². The van der Waals surface area contributed by atoms with E-state index in [0.717, 1.165) is 12.1 Å². The molecule has 0 aliphatic carbocycles. The van der Waals surface area contributed by atoms with Crippen LogP contribution in [0, 0.1) is 11.7 Å². The summed E-state index contributed by atoms with van der Waals surface area (Å²) < 4.78 is 20.6. The highest BCUT2D eigenvalue weighted by Crippen LogP contribution is 2.51. The molecule has 2 heterocycles. The van der Waals surface area contributed by atoms with Crippen molar-refractivity contribution in [2.75, 3.05) is 11.9 Å². The fraction of sp³-hybridized carbons (Fsp3) is 0.429. The fourth-order valence-corrected chi connectivity index (χ4v) is 4.31. The highest BCUT2D eigenvalue weighted by atomic mass is 35.5. The van der Waals surface area contributed by atoms with E-state index in [1.165, 1.54) is 17.2 Å². The first kappa shape index (κ1) is 16.9. The first-order valence-corrected chi connectivity index (χ1v) is 9.20. The van der Waals surface area contributed by atoms with Gasteiger partial charge in [-0.25, -0.2) is 4.39 Å². The van der Waals surface area contributed by atoms with Crippen molar-refractivity contribution in [3.05, 3.63) is 63.9 Å². The number of benzene rings is 2.